The molecule has 0 radical (unpaired) electrons. The summed E-state index contributed by atoms with van der Waals surface area (Å²) in [5, 5.41) is 9.68. The van der Waals surface area contributed by atoms with E-state index in [1.54, 1.807) is 13.2 Å². The molecule has 0 fully saturated rings. The summed E-state index contributed by atoms with van der Waals surface area (Å²) in [7, 11) is 1.59. The molecule has 0 saturated carbocycles. The second-order valence-electron chi connectivity index (χ2n) is 4.20. The van der Waals surface area contributed by atoms with Crippen molar-refractivity contribution in [1.29, 1.82) is 0 Å². The number of rotatable bonds is 9. The molecule has 0 saturated heterocycles. The standard InChI is InChI=1S/C13H20Cl2N4O2/c1-3-16-12-9(14)8-10(15)13(19-12)18-5-4-11(20)17-6-7-21-2/h8H,3-7H2,1-2H3,(H,17,20)(H2,16,18,19). The first-order valence-corrected chi connectivity index (χ1v) is 7.43. The summed E-state index contributed by atoms with van der Waals surface area (Å²) in [5.41, 5.74) is 0. The number of aromatic nitrogens is 1. The molecule has 1 amide bonds. The van der Waals surface area contributed by atoms with Gasteiger partial charge in [0.15, 0.2) is 0 Å². The van der Waals surface area contributed by atoms with Gasteiger partial charge in [-0.2, -0.15) is 0 Å². The Morgan fingerprint density at radius 3 is 2.52 bits per heavy atom. The minimum atomic E-state index is -0.0588. The van der Waals surface area contributed by atoms with Crippen molar-refractivity contribution < 1.29 is 9.53 Å². The number of hydrogen-bond acceptors (Lipinski definition) is 5. The second-order valence-corrected chi connectivity index (χ2v) is 5.01. The van der Waals surface area contributed by atoms with Gasteiger partial charge in [0, 0.05) is 33.2 Å². The van der Waals surface area contributed by atoms with Gasteiger partial charge < -0.3 is 20.7 Å². The van der Waals surface area contributed by atoms with Crippen LogP contribution in [0.4, 0.5) is 11.6 Å². The van der Waals surface area contributed by atoms with Crippen LogP contribution in [0, 0.1) is 0 Å². The fraction of sp³-hybridized carbons (Fsp3) is 0.538. The van der Waals surface area contributed by atoms with Gasteiger partial charge in [0.1, 0.15) is 11.6 Å². The zero-order chi connectivity index (χ0) is 15.7. The molecular weight excluding hydrogens is 315 g/mol. The third kappa shape index (κ3) is 6.37. The number of carbonyl (C=O) groups is 1. The Labute approximate surface area is 134 Å². The van der Waals surface area contributed by atoms with Crippen molar-refractivity contribution in [3.05, 3.63) is 16.1 Å². The van der Waals surface area contributed by atoms with E-state index in [1.807, 2.05) is 6.92 Å². The molecule has 21 heavy (non-hydrogen) atoms. The molecule has 0 aliphatic heterocycles. The smallest absolute Gasteiger partial charge is 0.221 e. The van der Waals surface area contributed by atoms with Gasteiger partial charge in [-0.15, -0.1) is 0 Å². The fourth-order valence-corrected chi connectivity index (χ4v) is 2.05. The monoisotopic (exact) mass is 334 g/mol. The van der Waals surface area contributed by atoms with E-state index < -0.39 is 0 Å². The average Bonchev–Trinajstić information content (AvgIpc) is 2.44. The molecule has 0 aliphatic carbocycles. The van der Waals surface area contributed by atoms with Crippen LogP contribution < -0.4 is 16.0 Å². The van der Waals surface area contributed by atoms with Gasteiger partial charge >= 0.3 is 0 Å². The molecule has 3 N–H and O–H groups in total. The average molecular weight is 335 g/mol. The van der Waals surface area contributed by atoms with E-state index in [0.717, 1.165) is 0 Å². The summed E-state index contributed by atoms with van der Waals surface area (Å²) in [4.78, 5) is 15.8. The molecule has 1 aromatic heterocycles. The first-order chi connectivity index (χ1) is 10.1. The summed E-state index contributed by atoms with van der Waals surface area (Å²) < 4.78 is 4.85. The maximum atomic E-state index is 11.5. The summed E-state index contributed by atoms with van der Waals surface area (Å²) in [6.45, 7) is 4.08. The normalized spacial score (nSPS) is 10.3. The number of nitrogens with zero attached hydrogens (tertiary/aromatic N) is 1. The summed E-state index contributed by atoms with van der Waals surface area (Å²) in [6.07, 6.45) is 0.320. The maximum Gasteiger partial charge on any atom is 0.221 e. The summed E-state index contributed by atoms with van der Waals surface area (Å²) >= 11 is 12.1. The molecule has 118 valence electrons. The number of anilines is 2. The molecule has 8 heteroatoms. The van der Waals surface area contributed by atoms with Crippen molar-refractivity contribution in [3.63, 3.8) is 0 Å². The fourth-order valence-electron chi connectivity index (χ4n) is 1.56. The minimum Gasteiger partial charge on any atom is -0.383 e. The van der Waals surface area contributed by atoms with Crippen molar-refractivity contribution >= 4 is 40.7 Å². The van der Waals surface area contributed by atoms with Crippen LogP contribution in [0.25, 0.3) is 0 Å². The molecule has 1 heterocycles. The van der Waals surface area contributed by atoms with E-state index >= 15 is 0 Å². The Morgan fingerprint density at radius 1 is 1.24 bits per heavy atom. The van der Waals surface area contributed by atoms with Crippen LogP contribution >= 0.6 is 23.2 Å². The van der Waals surface area contributed by atoms with Crippen LogP contribution in [0.3, 0.4) is 0 Å². The van der Waals surface area contributed by atoms with Gasteiger partial charge in [-0.1, -0.05) is 23.2 Å². The Balaban J connectivity index is 2.47. The highest BCUT2D eigenvalue weighted by Gasteiger charge is 2.09. The Bertz CT molecular complexity index is 472. The molecule has 0 aromatic carbocycles. The topological polar surface area (TPSA) is 75.3 Å². The number of hydrogen-bond donors (Lipinski definition) is 3. The third-order valence-electron chi connectivity index (χ3n) is 2.55. The molecule has 0 unspecified atom stereocenters. The zero-order valence-electron chi connectivity index (χ0n) is 12.1. The molecule has 1 rings (SSSR count). The SMILES string of the molecule is CCNc1nc(NCCC(=O)NCCOC)c(Cl)cc1Cl. The van der Waals surface area contributed by atoms with E-state index in [2.05, 4.69) is 20.9 Å². The van der Waals surface area contributed by atoms with Gasteiger partial charge in [0.2, 0.25) is 5.91 Å². The molecular formula is C13H20Cl2N4O2. The maximum absolute atomic E-state index is 11.5. The number of pyridine rings is 1. The van der Waals surface area contributed by atoms with E-state index in [1.165, 1.54) is 0 Å². The number of carbonyl (C=O) groups excluding carboxylic acids is 1. The Hall–Kier alpha value is -1.24. The van der Waals surface area contributed by atoms with Crippen LogP contribution in [-0.2, 0) is 9.53 Å². The lowest BCUT2D eigenvalue weighted by Gasteiger charge is -2.11. The quantitative estimate of drug-likeness (QED) is 0.604. The lowest BCUT2D eigenvalue weighted by molar-refractivity contribution is -0.121. The number of halogens is 2. The van der Waals surface area contributed by atoms with Crippen molar-refractivity contribution in [2.24, 2.45) is 0 Å². The van der Waals surface area contributed by atoms with Crippen LogP contribution in [0.5, 0.6) is 0 Å². The van der Waals surface area contributed by atoms with Gasteiger partial charge in [-0.05, 0) is 13.0 Å². The van der Waals surface area contributed by atoms with Crippen LogP contribution in [0.15, 0.2) is 6.07 Å². The summed E-state index contributed by atoms with van der Waals surface area (Å²) in [6, 6.07) is 1.62. The lowest BCUT2D eigenvalue weighted by atomic mass is 10.3. The first kappa shape index (κ1) is 17.8. The lowest BCUT2D eigenvalue weighted by Crippen LogP contribution is -2.28. The van der Waals surface area contributed by atoms with Crippen molar-refractivity contribution in [2.45, 2.75) is 13.3 Å². The molecule has 0 aliphatic rings. The van der Waals surface area contributed by atoms with Crippen molar-refractivity contribution in [2.75, 3.05) is 44.0 Å². The van der Waals surface area contributed by atoms with Gasteiger partial charge in [0.05, 0.1) is 16.7 Å². The number of methoxy groups -OCH3 is 1. The molecule has 0 atom stereocenters. The van der Waals surface area contributed by atoms with Gasteiger partial charge in [0.25, 0.3) is 0 Å². The summed E-state index contributed by atoms with van der Waals surface area (Å²) in [5.74, 6) is 1.01. The van der Waals surface area contributed by atoms with Gasteiger partial charge in [-0.3, -0.25) is 4.79 Å². The second kappa shape index (κ2) is 9.65. The number of nitrogens with one attached hydrogen (secondary N) is 3. The van der Waals surface area contributed by atoms with E-state index in [4.69, 9.17) is 27.9 Å². The van der Waals surface area contributed by atoms with Gasteiger partial charge in [-0.25, -0.2) is 4.98 Å². The first-order valence-electron chi connectivity index (χ1n) is 6.67. The molecule has 0 spiro atoms. The Kier molecular flexibility index (Phi) is 8.19. The largest absolute Gasteiger partial charge is 0.383 e. The van der Waals surface area contributed by atoms with E-state index in [-0.39, 0.29) is 5.91 Å². The zero-order valence-corrected chi connectivity index (χ0v) is 13.6. The Morgan fingerprint density at radius 2 is 1.90 bits per heavy atom. The van der Waals surface area contributed by atoms with Crippen LogP contribution in [0.2, 0.25) is 10.0 Å². The highest BCUT2D eigenvalue weighted by Crippen LogP contribution is 2.28. The predicted molar refractivity (Wildman–Crippen MR) is 86.4 cm³/mol. The number of ether oxygens (including phenoxy) is 1. The van der Waals surface area contributed by atoms with Crippen LogP contribution in [-0.4, -0.2) is 44.2 Å². The highest BCUT2D eigenvalue weighted by atomic mass is 35.5. The van der Waals surface area contributed by atoms with Crippen molar-refractivity contribution in [3.8, 4) is 0 Å². The van der Waals surface area contributed by atoms with E-state index in [9.17, 15) is 4.79 Å². The molecule has 6 nitrogen and oxygen atoms in total. The van der Waals surface area contributed by atoms with Crippen LogP contribution in [0.1, 0.15) is 13.3 Å². The molecule has 0 bridgehead atoms. The third-order valence-corrected chi connectivity index (χ3v) is 3.12. The highest BCUT2D eigenvalue weighted by molar-refractivity contribution is 6.37. The van der Waals surface area contributed by atoms with Crippen molar-refractivity contribution in [1.82, 2.24) is 10.3 Å². The predicted octanol–water partition coefficient (Wildman–Crippen LogP) is 2.38. The number of amides is 1. The molecule has 1 aromatic rings. The minimum absolute atomic E-state index is 0.0588. The van der Waals surface area contributed by atoms with E-state index in [0.29, 0.717) is 54.3 Å².